The summed E-state index contributed by atoms with van der Waals surface area (Å²) in [4.78, 5) is 0. The topological polar surface area (TPSA) is 47.3 Å². The number of hydrogen-bond donors (Lipinski definition) is 2. The molecule has 0 aliphatic heterocycles. The molecule has 0 aromatic heterocycles. The zero-order chi connectivity index (χ0) is 9.19. The predicted molar refractivity (Wildman–Crippen MR) is 49.5 cm³/mol. The summed E-state index contributed by atoms with van der Waals surface area (Å²) in [5.74, 6) is 6.13. The third-order valence-corrected chi connectivity index (χ3v) is 2.79. The van der Waals surface area contributed by atoms with E-state index in [0.717, 1.165) is 13.2 Å². The minimum absolute atomic E-state index is 0.333. The van der Waals surface area contributed by atoms with E-state index in [4.69, 9.17) is 10.6 Å². The first kappa shape index (κ1) is 9.96. The second kappa shape index (κ2) is 3.73. The van der Waals surface area contributed by atoms with Gasteiger partial charge in [0.05, 0.1) is 6.61 Å². The van der Waals surface area contributed by atoms with E-state index >= 15 is 0 Å². The summed E-state index contributed by atoms with van der Waals surface area (Å²) in [5.41, 5.74) is 3.30. The lowest BCUT2D eigenvalue weighted by atomic mass is 10.1. The third-order valence-electron chi connectivity index (χ3n) is 2.79. The number of nitrogens with one attached hydrogen (secondary N) is 1. The fraction of sp³-hybridized carbons (Fsp3) is 1.00. The van der Waals surface area contributed by atoms with E-state index < -0.39 is 0 Å². The first-order chi connectivity index (χ1) is 5.61. The van der Waals surface area contributed by atoms with Gasteiger partial charge in [-0.05, 0) is 24.7 Å². The lowest BCUT2D eigenvalue weighted by Gasteiger charge is -2.16. The molecule has 3 N–H and O–H groups in total. The smallest absolute Gasteiger partial charge is 0.0635 e. The molecule has 2 unspecified atom stereocenters. The molecule has 3 nitrogen and oxygen atoms in total. The van der Waals surface area contributed by atoms with Crippen LogP contribution in [0.15, 0.2) is 0 Å². The molecule has 0 heterocycles. The zero-order valence-corrected chi connectivity index (χ0v) is 8.26. The van der Waals surface area contributed by atoms with Crippen LogP contribution in [-0.4, -0.2) is 19.3 Å². The molecule has 0 amide bonds. The molecule has 1 saturated carbocycles. The van der Waals surface area contributed by atoms with E-state index in [1.54, 1.807) is 0 Å². The molecule has 12 heavy (non-hydrogen) atoms. The Morgan fingerprint density at radius 2 is 2.25 bits per heavy atom. The van der Waals surface area contributed by atoms with Gasteiger partial charge in [-0.2, -0.15) is 0 Å². The van der Waals surface area contributed by atoms with Gasteiger partial charge in [-0.15, -0.1) is 0 Å². The SMILES string of the molecule is CCOCC(NN)C1CC1(C)C. The van der Waals surface area contributed by atoms with Gasteiger partial charge in [-0.25, -0.2) is 0 Å². The molecule has 2 atom stereocenters. The number of ether oxygens (including phenoxy) is 1. The fourth-order valence-electron chi connectivity index (χ4n) is 1.72. The van der Waals surface area contributed by atoms with Gasteiger partial charge in [-0.1, -0.05) is 13.8 Å². The molecule has 1 aliphatic rings. The van der Waals surface area contributed by atoms with Gasteiger partial charge >= 0.3 is 0 Å². The number of hydrazine groups is 1. The van der Waals surface area contributed by atoms with Crippen LogP contribution in [0.5, 0.6) is 0 Å². The summed E-state index contributed by atoms with van der Waals surface area (Å²) in [7, 11) is 0. The van der Waals surface area contributed by atoms with Crippen LogP contribution in [-0.2, 0) is 4.74 Å². The number of hydrogen-bond acceptors (Lipinski definition) is 3. The molecule has 0 aromatic carbocycles. The maximum atomic E-state index is 5.45. The van der Waals surface area contributed by atoms with Crippen LogP contribution in [0.2, 0.25) is 0 Å². The van der Waals surface area contributed by atoms with Gasteiger partial charge < -0.3 is 4.74 Å². The number of nitrogens with two attached hydrogens (primary N) is 1. The van der Waals surface area contributed by atoms with Crippen molar-refractivity contribution in [3.8, 4) is 0 Å². The van der Waals surface area contributed by atoms with Crippen molar-refractivity contribution in [1.29, 1.82) is 0 Å². The van der Waals surface area contributed by atoms with Crippen molar-refractivity contribution in [2.75, 3.05) is 13.2 Å². The van der Waals surface area contributed by atoms with Crippen molar-refractivity contribution < 1.29 is 4.74 Å². The van der Waals surface area contributed by atoms with E-state index in [9.17, 15) is 0 Å². The van der Waals surface area contributed by atoms with Crippen LogP contribution < -0.4 is 11.3 Å². The Morgan fingerprint density at radius 3 is 2.58 bits per heavy atom. The standard InChI is InChI=1S/C9H20N2O/c1-4-12-6-8(11-10)7-5-9(7,2)3/h7-8,11H,4-6,10H2,1-3H3. The van der Waals surface area contributed by atoms with Crippen molar-refractivity contribution >= 4 is 0 Å². The quantitative estimate of drug-likeness (QED) is 0.478. The van der Waals surface area contributed by atoms with Crippen molar-refractivity contribution in [1.82, 2.24) is 5.43 Å². The lowest BCUT2D eigenvalue weighted by molar-refractivity contribution is 0.112. The molecule has 0 spiro atoms. The van der Waals surface area contributed by atoms with Crippen molar-refractivity contribution in [3.63, 3.8) is 0 Å². The molecule has 1 fully saturated rings. The largest absolute Gasteiger partial charge is 0.380 e. The lowest BCUT2D eigenvalue weighted by Crippen LogP contribution is -2.41. The normalized spacial score (nSPS) is 28.5. The molecule has 0 saturated heterocycles. The fourth-order valence-corrected chi connectivity index (χ4v) is 1.72. The van der Waals surface area contributed by atoms with Crippen LogP contribution >= 0.6 is 0 Å². The van der Waals surface area contributed by atoms with Crippen molar-refractivity contribution in [2.24, 2.45) is 17.2 Å². The third kappa shape index (κ3) is 2.19. The van der Waals surface area contributed by atoms with Crippen LogP contribution in [0.4, 0.5) is 0 Å². The number of rotatable bonds is 5. The molecule has 1 aliphatic carbocycles. The monoisotopic (exact) mass is 172 g/mol. The Morgan fingerprint density at radius 1 is 1.67 bits per heavy atom. The predicted octanol–water partition coefficient (Wildman–Crippen LogP) is 0.901. The average molecular weight is 172 g/mol. The Hall–Kier alpha value is -0.120. The molecule has 1 rings (SSSR count). The molecule has 0 bridgehead atoms. The van der Waals surface area contributed by atoms with Crippen molar-refractivity contribution in [3.05, 3.63) is 0 Å². The summed E-state index contributed by atoms with van der Waals surface area (Å²) in [6, 6.07) is 0.333. The minimum atomic E-state index is 0.333. The Kier molecular flexibility index (Phi) is 3.09. The maximum absolute atomic E-state index is 5.45. The first-order valence-corrected chi connectivity index (χ1v) is 4.65. The highest BCUT2D eigenvalue weighted by atomic mass is 16.5. The van der Waals surface area contributed by atoms with Crippen LogP contribution in [0.3, 0.4) is 0 Å². The van der Waals surface area contributed by atoms with Gasteiger partial charge in [0.1, 0.15) is 0 Å². The van der Waals surface area contributed by atoms with Gasteiger partial charge in [0.15, 0.2) is 0 Å². The second-order valence-electron chi connectivity index (χ2n) is 4.23. The van der Waals surface area contributed by atoms with E-state index in [2.05, 4.69) is 19.3 Å². The molecular weight excluding hydrogens is 152 g/mol. The first-order valence-electron chi connectivity index (χ1n) is 4.65. The summed E-state index contributed by atoms with van der Waals surface area (Å²) in [6.45, 7) is 8.06. The Balaban J connectivity index is 2.27. The average Bonchev–Trinajstić information content (AvgIpc) is 2.62. The molecule has 0 radical (unpaired) electrons. The van der Waals surface area contributed by atoms with Gasteiger partial charge in [0.25, 0.3) is 0 Å². The maximum Gasteiger partial charge on any atom is 0.0635 e. The highest BCUT2D eigenvalue weighted by Gasteiger charge is 2.49. The van der Waals surface area contributed by atoms with E-state index in [1.165, 1.54) is 6.42 Å². The van der Waals surface area contributed by atoms with Crippen molar-refractivity contribution in [2.45, 2.75) is 33.2 Å². The van der Waals surface area contributed by atoms with Gasteiger partial charge in [0.2, 0.25) is 0 Å². The Bertz CT molecular complexity index is 147. The summed E-state index contributed by atoms with van der Waals surface area (Å²) in [6.07, 6.45) is 1.26. The van der Waals surface area contributed by atoms with Crippen LogP contribution in [0.25, 0.3) is 0 Å². The Labute approximate surface area is 74.6 Å². The minimum Gasteiger partial charge on any atom is -0.380 e. The molecule has 3 heteroatoms. The summed E-state index contributed by atoms with van der Waals surface area (Å²) in [5, 5.41) is 0. The van der Waals surface area contributed by atoms with Crippen LogP contribution in [0.1, 0.15) is 27.2 Å². The van der Waals surface area contributed by atoms with E-state index in [1.807, 2.05) is 6.92 Å². The summed E-state index contributed by atoms with van der Waals surface area (Å²) < 4.78 is 5.34. The molecule has 0 aromatic rings. The molecular formula is C9H20N2O. The highest BCUT2D eigenvalue weighted by Crippen LogP contribution is 2.53. The molecule has 72 valence electrons. The zero-order valence-electron chi connectivity index (χ0n) is 8.26. The second-order valence-corrected chi connectivity index (χ2v) is 4.23. The van der Waals surface area contributed by atoms with Crippen LogP contribution in [0, 0.1) is 11.3 Å². The van der Waals surface area contributed by atoms with E-state index in [0.29, 0.717) is 17.4 Å². The van der Waals surface area contributed by atoms with E-state index in [-0.39, 0.29) is 0 Å². The summed E-state index contributed by atoms with van der Waals surface area (Å²) >= 11 is 0. The van der Waals surface area contributed by atoms with Gasteiger partial charge in [0, 0.05) is 12.6 Å². The van der Waals surface area contributed by atoms with Gasteiger partial charge in [-0.3, -0.25) is 11.3 Å². The highest BCUT2D eigenvalue weighted by molar-refractivity contribution is 5.01.